The fourth-order valence-corrected chi connectivity index (χ4v) is 9.02. The van der Waals surface area contributed by atoms with Gasteiger partial charge in [0, 0.05) is 49.6 Å². The van der Waals surface area contributed by atoms with Crippen molar-refractivity contribution in [2.75, 3.05) is 0 Å². The van der Waals surface area contributed by atoms with Gasteiger partial charge in [-0.2, -0.15) is 0 Å². The van der Waals surface area contributed by atoms with Gasteiger partial charge in [-0.15, -0.1) is 0 Å². The van der Waals surface area contributed by atoms with Crippen LogP contribution in [-0.4, -0.2) is 24.1 Å². The Morgan fingerprint density at radius 3 is 1.26 bits per heavy atom. The summed E-state index contributed by atoms with van der Waals surface area (Å²) in [6, 6.07) is 79.2. The van der Waals surface area contributed by atoms with Crippen LogP contribution in [0.2, 0.25) is 0 Å². The number of hydrogen-bond acceptors (Lipinski definition) is 3. The van der Waals surface area contributed by atoms with Crippen LogP contribution in [-0.2, 0) is 0 Å². The SMILES string of the molecule is c1ccc(-c2cccc(-c3ccc(-c4nc(-c5ccc6c(c5)c5ccccc5n6-c5ccccc5)nc(-c5ccc6c7ccccc7n(-c7ccccc7)c6c5)n4)cc3)c2)cc1. The first-order chi connectivity index (χ1) is 30.7. The van der Waals surface area contributed by atoms with E-state index >= 15 is 0 Å². The van der Waals surface area contributed by atoms with E-state index in [1.165, 1.54) is 27.3 Å². The van der Waals surface area contributed by atoms with Crippen molar-refractivity contribution in [1.82, 2.24) is 24.1 Å². The molecule has 0 radical (unpaired) electrons. The summed E-state index contributed by atoms with van der Waals surface area (Å²) in [5, 5.41) is 4.69. The molecule has 9 aromatic carbocycles. The standard InChI is InChI=1S/C57H37N5/c1-4-15-38(16-5-1)41-17-14-18-42(35-41)39-27-29-40(30-28-39)55-58-56(43-32-34-53-50(36-43)48-24-11-13-26-52(48)61(53)45-19-6-2-7-20-45)60-57(59-55)44-31-33-49-47-23-10-12-25-51(47)62(54(49)37-44)46-21-8-3-9-22-46/h1-37H. The number of fused-ring (bicyclic) bond motifs is 6. The second kappa shape index (κ2) is 14.7. The van der Waals surface area contributed by atoms with Gasteiger partial charge in [-0.05, 0) is 89.0 Å². The van der Waals surface area contributed by atoms with Gasteiger partial charge in [-0.25, -0.2) is 15.0 Å². The van der Waals surface area contributed by atoms with Gasteiger partial charge in [0.05, 0.1) is 22.1 Å². The lowest BCUT2D eigenvalue weighted by atomic mass is 9.98. The fraction of sp³-hybridized carbons (Fsp3) is 0. The van der Waals surface area contributed by atoms with Gasteiger partial charge < -0.3 is 9.13 Å². The summed E-state index contributed by atoms with van der Waals surface area (Å²) in [7, 11) is 0. The Kier molecular flexibility index (Phi) is 8.42. The number of benzene rings is 9. The summed E-state index contributed by atoms with van der Waals surface area (Å²) in [6.45, 7) is 0. The van der Waals surface area contributed by atoms with Gasteiger partial charge in [-0.1, -0.05) is 158 Å². The molecule has 0 atom stereocenters. The summed E-state index contributed by atoms with van der Waals surface area (Å²) in [5.41, 5.74) is 14.2. The number of nitrogens with zero attached hydrogens (tertiary/aromatic N) is 5. The fourth-order valence-electron chi connectivity index (χ4n) is 9.02. The minimum absolute atomic E-state index is 0.614. The zero-order chi connectivity index (χ0) is 41.0. The van der Waals surface area contributed by atoms with Crippen LogP contribution in [0, 0.1) is 0 Å². The Bertz CT molecular complexity index is 3610. The van der Waals surface area contributed by atoms with Crippen LogP contribution in [0.3, 0.4) is 0 Å². The minimum atomic E-state index is 0.614. The predicted molar refractivity (Wildman–Crippen MR) is 256 cm³/mol. The molecule has 0 N–H and O–H groups in total. The van der Waals surface area contributed by atoms with Crippen LogP contribution in [0.15, 0.2) is 224 Å². The summed E-state index contributed by atoms with van der Waals surface area (Å²) in [6.07, 6.45) is 0. The van der Waals surface area contributed by atoms with E-state index in [0.717, 1.165) is 66.6 Å². The predicted octanol–water partition coefficient (Wildman–Crippen LogP) is 14.4. The van der Waals surface area contributed by atoms with Crippen LogP contribution < -0.4 is 0 Å². The molecule has 62 heavy (non-hydrogen) atoms. The minimum Gasteiger partial charge on any atom is -0.309 e. The number of para-hydroxylation sites is 4. The van der Waals surface area contributed by atoms with Crippen LogP contribution in [0.4, 0.5) is 0 Å². The molecule has 3 aromatic heterocycles. The molecule has 5 nitrogen and oxygen atoms in total. The molecule has 0 fully saturated rings. The normalized spacial score (nSPS) is 11.5. The zero-order valence-corrected chi connectivity index (χ0v) is 33.6. The lowest BCUT2D eigenvalue weighted by Crippen LogP contribution is -2.01. The van der Waals surface area contributed by atoms with Crippen molar-refractivity contribution in [3.05, 3.63) is 224 Å². The lowest BCUT2D eigenvalue weighted by Gasteiger charge is -2.11. The zero-order valence-electron chi connectivity index (χ0n) is 33.6. The van der Waals surface area contributed by atoms with E-state index in [9.17, 15) is 0 Å². The van der Waals surface area contributed by atoms with Gasteiger partial charge in [0.25, 0.3) is 0 Å². The maximum Gasteiger partial charge on any atom is 0.164 e. The summed E-state index contributed by atoms with van der Waals surface area (Å²) < 4.78 is 4.66. The molecule has 5 heteroatoms. The topological polar surface area (TPSA) is 48.5 Å². The third kappa shape index (κ3) is 6.06. The van der Waals surface area contributed by atoms with Crippen molar-refractivity contribution < 1.29 is 0 Å². The van der Waals surface area contributed by atoms with Crippen molar-refractivity contribution in [3.63, 3.8) is 0 Å². The smallest absolute Gasteiger partial charge is 0.164 e. The van der Waals surface area contributed by atoms with Gasteiger partial charge >= 0.3 is 0 Å². The Morgan fingerprint density at radius 2 is 0.629 bits per heavy atom. The van der Waals surface area contributed by atoms with Crippen LogP contribution in [0.5, 0.6) is 0 Å². The molecule has 0 saturated carbocycles. The molecule has 0 amide bonds. The first-order valence-corrected chi connectivity index (χ1v) is 20.9. The molecule has 3 heterocycles. The van der Waals surface area contributed by atoms with Crippen molar-refractivity contribution >= 4 is 43.6 Å². The lowest BCUT2D eigenvalue weighted by molar-refractivity contribution is 1.07. The van der Waals surface area contributed by atoms with E-state index in [4.69, 9.17) is 15.0 Å². The highest BCUT2D eigenvalue weighted by Crippen LogP contribution is 2.38. The molecule has 0 aliphatic heterocycles. The molecule has 0 spiro atoms. The molecule has 290 valence electrons. The van der Waals surface area contributed by atoms with E-state index in [-0.39, 0.29) is 0 Å². The van der Waals surface area contributed by atoms with Crippen molar-refractivity contribution in [1.29, 1.82) is 0 Å². The molecule has 0 bridgehead atoms. The van der Waals surface area contributed by atoms with Crippen LogP contribution in [0.25, 0.3) is 111 Å². The van der Waals surface area contributed by atoms with Crippen molar-refractivity contribution in [3.8, 4) is 67.8 Å². The highest BCUT2D eigenvalue weighted by molar-refractivity contribution is 6.11. The maximum absolute atomic E-state index is 5.28. The van der Waals surface area contributed by atoms with E-state index in [1.54, 1.807) is 0 Å². The van der Waals surface area contributed by atoms with Gasteiger partial charge in [0.2, 0.25) is 0 Å². The van der Waals surface area contributed by atoms with Gasteiger partial charge in [-0.3, -0.25) is 0 Å². The Balaban J connectivity index is 1.03. The highest BCUT2D eigenvalue weighted by atomic mass is 15.0. The third-order valence-electron chi connectivity index (χ3n) is 12.0. The number of hydrogen-bond donors (Lipinski definition) is 0. The average Bonchev–Trinajstić information content (AvgIpc) is 3.87. The number of rotatable bonds is 7. The first kappa shape index (κ1) is 35.5. The van der Waals surface area contributed by atoms with E-state index < -0.39 is 0 Å². The molecule has 0 aliphatic carbocycles. The van der Waals surface area contributed by atoms with Crippen molar-refractivity contribution in [2.45, 2.75) is 0 Å². The summed E-state index contributed by atoms with van der Waals surface area (Å²) in [4.78, 5) is 15.8. The van der Waals surface area contributed by atoms with Gasteiger partial charge in [0.15, 0.2) is 17.5 Å². The van der Waals surface area contributed by atoms with Gasteiger partial charge in [0.1, 0.15) is 0 Å². The summed E-state index contributed by atoms with van der Waals surface area (Å²) in [5.74, 6) is 1.85. The molecular formula is C57H37N5. The molecule has 0 aliphatic rings. The monoisotopic (exact) mass is 791 g/mol. The molecular weight excluding hydrogens is 755 g/mol. The third-order valence-corrected chi connectivity index (χ3v) is 12.0. The van der Waals surface area contributed by atoms with E-state index in [0.29, 0.717) is 17.5 Å². The largest absolute Gasteiger partial charge is 0.309 e. The summed E-state index contributed by atoms with van der Waals surface area (Å²) >= 11 is 0. The quantitative estimate of drug-likeness (QED) is 0.162. The van der Waals surface area contributed by atoms with Crippen LogP contribution in [0.1, 0.15) is 0 Å². The Labute approximate surface area is 358 Å². The average molecular weight is 792 g/mol. The highest BCUT2D eigenvalue weighted by Gasteiger charge is 2.19. The van der Waals surface area contributed by atoms with Crippen molar-refractivity contribution in [2.24, 2.45) is 0 Å². The first-order valence-electron chi connectivity index (χ1n) is 20.9. The van der Waals surface area contributed by atoms with Crippen LogP contribution >= 0.6 is 0 Å². The second-order valence-corrected chi connectivity index (χ2v) is 15.7. The van der Waals surface area contributed by atoms with E-state index in [1.807, 2.05) is 0 Å². The Morgan fingerprint density at radius 1 is 0.226 bits per heavy atom. The molecule has 12 rings (SSSR count). The molecule has 0 saturated heterocycles. The molecule has 0 unspecified atom stereocenters. The van der Waals surface area contributed by atoms with E-state index in [2.05, 4.69) is 234 Å². The molecule has 12 aromatic rings. The maximum atomic E-state index is 5.28. The second-order valence-electron chi connectivity index (χ2n) is 15.7. The number of aromatic nitrogens is 5. The Hall–Kier alpha value is -8.41.